The number of ether oxygens (including phenoxy) is 1. The molecule has 1 N–H and O–H groups in total. The van der Waals surface area contributed by atoms with Gasteiger partial charge in [-0.05, 0) is 12.1 Å². The number of hydrogen-bond acceptors (Lipinski definition) is 6. The van der Waals surface area contributed by atoms with Gasteiger partial charge in [-0.2, -0.15) is 4.98 Å². The molecule has 0 atom stereocenters. The minimum atomic E-state index is -1.15. The van der Waals surface area contributed by atoms with Crippen LogP contribution in [-0.2, 0) is 0 Å². The summed E-state index contributed by atoms with van der Waals surface area (Å²) in [7, 11) is 1.45. The predicted molar refractivity (Wildman–Crippen MR) is 63.0 cm³/mol. The van der Waals surface area contributed by atoms with Crippen LogP contribution >= 0.6 is 0 Å². The number of hydrogen-bond donors (Lipinski definition) is 1. The van der Waals surface area contributed by atoms with E-state index in [9.17, 15) is 4.79 Å². The molecular formula is C12H8N2O5. The first-order chi connectivity index (χ1) is 9.19. The molecule has 3 aromatic rings. The Kier molecular flexibility index (Phi) is 2.45. The van der Waals surface area contributed by atoms with Gasteiger partial charge in [-0.3, -0.25) is 0 Å². The third-order valence-corrected chi connectivity index (χ3v) is 2.57. The SMILES string of the molecule is COc1nc2c(-c3cc(C(=O)O)no3)cccc2o1. The zero-order chi connectivity index (χ0) is 13.4. The minimum Gasteiger partial charge on any atom is -0.476 e. The quantitative estimate of drug-likeness (QED) is 0.770. The van der Waals surface area contributed by atoms with Gasteiger partial charge in [-0.1, -0.05) is 11.2 Å². The van der Waals surface area contributed by atoms with Gasteiger partial charge in [0.05, 0.1) is 7.11 Å². The molecule has 3 rings (SSSR count). The monoisotopic (exact) mass is 260 g/mol. The van der Waals surface area contributed by atoms with Crippen molar-refractivity contribution < 1.29 is 23.6 Å². The summed E-state index contributed by atoms with van der Waals surface area (Å²) in [5.74, 6) is -0.848. The van der Waals surface area contributed by atoms with Crippen molar-refractivity contribution in [2.75, 3.05) is 7.11 Å². The van der Waals surface area contributed by atoms with E-state index in [1.165, 1.54) is 13.2 Å². The largest absolute Gasteiger partial charge is 0.476 e. The second-order valence-corrected chi connectivity index (χ2v) is 3.72. The molecule has 96 valence electrons. The molecule has 0 saturated heterocycles. The number of nitrogens with zero attached hydrogens (tertiary/aromatic N) is 2. The molecule has 0 aliphatic heterocycles. The van der Waals surface area contributed by atoms with E-state index in [0.29, 0.717) is 22.4 Å². The van der Waals surface area contributed by atoms with E-state index in [-0.39, 0.29) is 11.8 Å². The zero-order valence-corrected chi connectivity index (χ0v) is 9.78. The molecule has 2 aromatic heterocycles. The van der Waals surface area contributed by atoms with Gasteiger partial charge in [-0.25, -0.2) is 4.79 Å². The van der Waals surface area contributed by atoms with Gasteiger partial charge >= 0.3 is 12.0 Å². The number of fused-ring (bicyclic) bond motifs is 1. The van der Waals surface area contributed by atoms with Gasteiger partial charge in [0.15, 0.2) is 17.0 Å². The second-order valence-electron chi connectivity index (χ2n) is 3.72. The lowest BCUT2D eigenvalue weighted by atomic mass is 10.1. The molecule has 0 saturated carbocycles. The summed E-state index contributed by atoms with van der Waals surface area (Å²) in [4.78, 5) is 14.9. The maximum atomic E-state index is 10.8. The van der Waals surface area contributed by atoms with Crippen LogP contribution in [0, 0.1) is 0 Å². The molecular weight excluding hydrogens is 252 g/mol. The molecule has 0 aliphatic rings. The van der Waals surface area contributed by atoms with Crippen molar-refractivity contribution in [3.05, 3.63) is 30.0 Å². The van der Waals surface area contributed by atoms with Crippen LogP contribution < -0.4 is 4.74 Å². The van der Waals surface area contributed by atoms with Gasteiger partial charge in [0.1, 0.15) is 5.52 Å². The van der Waals surface area contributed by atoms with Crippen LogP contribution in [0.2, 0.25) is 0 Å². The Morgan fingerprint density at radius 2 is 2.26 bits per heavy atom. The average Bonchev–Trinajstić information content (AvgIpc) is 3.04. The first kappa shape index (κ1) is 11.3. The first-order valence-corrected chi connectivity index (χ1v) is 5.33. The molecule has 0 radical (unpaired) electrons. The number of carbonyl (C=O) groups is 1. The van der Waals surface area contributed by atoms with Crippen LogP contribution in [0.1, 0.15) is 10.5 Å². The van der Waals surface area contributed by atoms with E-state index >= 15 is 0 Å². The number of aromatic carboxylic acids is 1. The van der Waals surface area contributed by atoms with Crippen molar-refractivity contribution in [3.8, 4) is 17.4 Å². The van der Waals surface area contributed by atoms with E-state index in [1.54, 1.807) is 18.2 Å². The summed E-state index contributed by atoms with van der Waals surface area (Å²) >= 11 is 0. The molecule has 7 heteroatoms. The molecule has 0 fully saturated rings. The molecule has 19 heavy (non-hydrogen) atoms. The van der Waals surface area contributed by atoms with Crippen LogP contribution in [0.25, 0.3) is 22.4 Å². The number of oxazole rings is 1. The number of carboxylic acids is 1. The van der Waals surface area contributed by atoms with Crippen molar-refractivity contribution in [2.45, 2.75) is 0 Å². The molecule has 0 spiro atoms. The fraction of sp³-hybridized carbons (Fsp3) is 0.0833. The number of methoxy groups -OCH3 is 1. The Morgan fingerprint density at radius 1 is 1.42 bits per heavy atom. The van der Waals surface area contributed by atoms with Crippen LogP contribution in [0.4, 0.5) is 0 Å². The number of benzene rings is 1. The predicted octanol–water partition coefficient (Wildman–Crippen LogP) is 2.19. The maximum absolute atomic E-state index is 10.8. The Bertz CT molecular complexity index is 758. The molecule has 2 heterocycles. The molecule has 0 unspecified atom stereocenters. The lowest BCUT2D eigenvalue weighted by molar-refractivity contribution is 0.0686. The van der Waals surface area contributed by atoms with Crippen molar-refractivity contribution in [3.63, 3.8) is 0 Å². The van der Waals surface area contributed by atoms with E-state index in [1.807, 2.05) is 0 Å². The molecule has 0 bridgehead atoms. The summed E-state index contributed by atoms with van der Waals surface area (Å²) in [5, 5.41) is 12.3. The number of aromatic nitrogens is 2. The highest BCUT2D eigenvalue weighted by Crippen LogP contribution is 2.30. The average molecular weight is 260 g/mol. The maximum Gasteiger partial charge on any atom is 0.394 e. The standard InChI is InChI=1S/C12H8N2O5/c1-17-12-13-10-6(3-2-4-8(10)18-12)9-5-7(11(15)16)14-19-9/h2-5H,1H3,(H,15,16). The Labute approximate surface area is 106 Å². The highest BCUT2D eigenvalue weighted by Gasteiger charge is 2.17. The first-order valence-electron chi connectivity index (χ1n) is 5.33. The van der Waals surface area contributed by atoms with Crippen molar-refractivity contribution in [1.29, 1.82) is 0 Å². The summed E-state index contributed by atoms with van der Waals surface area (Å²) in [6, 6.07) is 6.53. The van der Waals surface area contributed by atoms with Gasteiger partial charge in [0, 0.05) is 11.6 Å². The van der Waals surface area contributed by atoms with E-state index in [2.05, 4.69) is 10.1 Å². The fourth-order valence-electron chi connectivity index (χ4n) is 1.72. The van der Waals surface area contributed by atoms with Crippen LogP contribution in [-0.4, -0.2) is 28.3 Å². The van der Waals surface area contributed by atoms with Crippen molar-refractivity contribution >= 4 is 17.1 Å². The van der Waals surface area contributed by atoms with Gasteiger partial charge < -0.3 is 18.8 Å². The van der Waals surface area contributed by atoms with Gasteiger partial charge in [0.2, 0.25) is 0 Å². The molecule has 1 aromatic carbocycles. The highest BCUT2D eigenvalue weighted by molar-refractivity contribution is 5.92. The Balaban J connectivity index is 2.17. The summed E-state index contributed by atoms with van der Waals surface area (Å²) in [5.41, 5.74) is 1.46. The lowest BCUT2D eigenvalue weighted by Gasteiger charge is -1.94. The van der Waals surface area contributed by atoms with E-state index in [0.717, 1.165) is 0 Å². The van der Waals surface area contributed by atoms with E-state index < -0.39 is 5.97 Å². The Hall–Kier alpha value is -2.83. The van der Waals surface area contributed by atoms with Gasteiger partial charge in [-0.15, -0.1) is 0 Å². The van der Waals surface area contributed by atoms with Gasteiger partial charge in [0.25, 0.3) is 0 Å². The number of carboxylic acid groups (broad SMARTS) is 1. The smallest absolute Gasteiger partial charge is 0.394 e. The summed E-state index contributed by atoms with van der Waals surface area (Å²) in [6.07, 6.45) is 0.125. The lowest BCUT2D eigenvalue weighted by Crippen LogP contribution is -1.94. The third kappa shape index (κ3) is 1.81. The zero-order valence-electron chi connectivity index (χ0n) is 9.78. The fourth-order valence-corrected chi connectivity index (χ4v) is 1.72. The third-order valence-electron chi connectivity index (χ3n) is 2.57. The summed E-state index contributed by atoms with van der Waals surface area (Å²) in [6.45, 7) is 0. The molecule has 0 aliphatic carbocycles. The van der Waals surface area contributed by atoms with Crippen LogP contribution in [0.3, 0.4) is 0 Å². The molecule has 0 amide bonds. The van der Waals surface area contributed by atoms with Crippen molar-refractivity contribution in [1.82, 2.24) is 10.1 Å². The topological polar surface area (TPSA) is 98.6 Å². The highest BCUT2D eigenvalue weighted by atomic mass is 16.6. The normalized spacial score (nSPS) is 10.8. The summed E-state index contributed by atoms with van der Waals surface area (Å²) < 4.78 is 15.2. The van der Waals surface area contributed by atoms with Crippen LogP contribution in [0.15, 0.2) is 33.2 Å². The van der Waals surface area contributed by atoms with Crippen LogP contribution in [0.5, 0.6) is 6.08 Å². The Morgan fingerprint density at radius 3 is 2.95 bits per heavy atom. The molecule has 7 nitrogen and oxygen atoms in total. The second kappa shape index (κ2) is 4.13. The van der Waals surface area contributed by atoms with Crippen molar-refractivity contribution in [2.24, 2.45) is 0 Å². The minimum absolute atomic E-state index is 0.125. The van der Waals surface area contributed by atoms with E-state index in [4.69, 9.17) is 18.8 Å². The number of rotatable bonds is 3. The number of para-hydroxylation sites is 1.